The zero-order chi connectivity index (χ0) is 11.4. The smallest absolute Gasteiger partial charge is 0.146 e. The first-order valence-electron chi connectivity index (χ1n) is 4.80. The molecule has 0 atom stereocenters. The number of likely N-dealkylation sites (N-methyl/N-ethyl adjacent to an activating group) is 1. The third kappa shape index (κ3) is 2.45. The average Bonchev–Trinajstić information content (AvgIpc) is 2.17. The number of aliphatic hydroxyl groups excluding tert-OH is 1. The number of pyridine rings is 1. The number of aliphatic hydroxyl groups is 1. The quantitative estimate of drug-likeness (QED) is 0.799. The molecule has 1 aromatic heterocycles. The van der Waals surface area contributed by atoms with Crippen molar-refractivity contribution in [2.45, 2.75) is 13.8 Å². The van der Waals surface area contributed by atoms with Crippen molar-refractivity contribution in [2.75, 3.05) is 25.1 Å². The lowest BCUT2D eigenvalue weighted by Crippen LogP contribution is -2.23. The molecule has 1 aromatic rings. The minimum absolute atomic E-state index is 0.0516. The minimum Gasteiger partial charge on any atom is -0.395 e. The Morgan fingerprint density at radius 2 is 2.20 bits per heavy atom. The first-order valence-corrected chi connectivity index (χ1v) is 4.80. The number of nitrogens with zero attached hydrogens (tertiary/aromatic N) is 3. The van der Waals surface area contributed by atoms with Gasteiger partial charge in [-0.1, -0.05) is 0 Å². The van der Waals surface area contributed by atoms with Crippen molar-refractivity contribution in [1.29, 1.82) is 5.26 Å². The zero-order valence-corrected chi connectivity index (χ0v) is 9.28. The van der Waals surface area contributed by atoms with Gasteiger partial charge in [0.2, 0.25) is 0 Å². The molecule has 1 rings (SSSR count). The van der Waals surface area contributed by atoms with Gasteiger partial charge < -0.3 is 10.0 Å². The van der Waals surface area contributed by atoms with Crippen LogP contribution < -0.4 is 4.90 Å². The molecule has 0 amide bonds. The van der Waals surface area contributed by atoms with Gasteiger partial charge in [0.25, 0.3) is 0 Å². The summed E-state index contributed by atoms with van der Waals surface area (Å²) in [5.74, 6) is 0.643. The third-order valence-corrected chi connectivity index (χ3v) is 2.23. The molecule has 0 radical (unpaired) electrons. The van der Waals surface area contributed by atoms with Crippen LogP contribution in [0.4, 0.5) is 5.82 Å². The molecule has 0 aromatic carbocycles. The van der Waals surface area contributed by atoms with Gasteiger partial charge >= 0.3 is 0 Å². The summed E-state index contributed by atoms with van der Waals surface area (Å²) < 4.78 is 0. The number of hydrogen-bond donors (Lipinski definition) is 1. The molecule has 4 nitrogen and oxygen atoms in total. The number of nitriles is 1. The maximum absolute atomic E-state index is 9.03. The summed E-state index contributed by atoms with van der Waals surface area (Å²) in [6.07, 6.45) is 0. The Kier molecular flexibility index (Phi) is 3.64. The third-order valence-electron chi connectivity index (χ3n) is 2.23. The number of anilines is 1. The van der Waals surface area contributed by atoms with Gasteiger partial charge in [0, 0.05) is 19.3 Å². The number of hydrogen-bond acceptors (Lipinski definition) is 4. The fourth-order valence-electron chi connectivity index (χ4n) is 1.49. The molecule has 0 unspecified atom stereocenters. The van der Waals surface area contributed by atoms with E-state index >= 15 is 0 Å². The highest BCUT2D eigenvalue weighted by molar-refractivity contribution is 5.57. The highest BCUT2D eigenvalue weighted by Crippen LogP contribution is 2.20. The standard InChI is InChI=1S/C11H15N3O/c1-8-6-9(2)13-11(10(8)7-12)14(3)4-5-15/h6,15H,4-5H2,1-3H3. The van der Waals surface area contributed by atoms with Gasteiger partial charge in [-0.05, 0) is 25.5 Å². The Hall–Kier alpha value is -1.60. The summed E-state index contributed by atoms with van der Waals surface area (Å²) in [5.41, 5.74) is 2.38. The van der Waals surface area contributed by atoms with E-state index < -0.39 is 0 Å². The lowest BCUT2D eigenvalue weighted by molar-refractivity contribution is 0.304. The molecule has 0 saturated carbocycles. The minimum atomic E-state index is 0.0516. The molecule has 80 valence electrons. The van der Waals surface area contributed by atoms with Crippen molar-refractivity contribution in [2.24, 2.45) is 0 Å². The van der Waals surface area contributed by atoms with Crippen LogP contribution in [0.3, 0.4) is 0 Å². The molecule has 15 heavy (non-hydrogen) atoms. The molecule has 0 spiro atoms. The molecule has 0 aliphatic carbocycles. The fourth-order valence-corrected chi connectivity index (χ4v) is 1.49. The van der Waals surface area contributed by atoms with Crippen LogP contribution in [0.2, 0.25) is 0 Å². The van der Waals surface area contributed by atoms with Crippen molar-refractivity contribution in [1.82, 2.24) is 4.98 Å². The van der Waals surface area contributed by atoms with Crippen molar-refractivity contribution >= 4 is 5.82 Å². The monoisotopic (exact) mass is 205 g/mol. The van der Waals surface area contributed by atoms with E-state index in [1.54, 1.807) is 4.90 Å². The maximum atomic E-state index is 9.03. The fraction of sp³-hybridized carbons (Fsp3) is 0.455. The second kappa shape index (κ2) is 4.76. The molecule has 0 aliphatic heterocycles. The molecule has 4 heteroatoms. The Labute approximate surface area is 89.8 Å². The summed E-state index contributed by atoms with van der Waals surface area (Å²) in [5, 5.41) is 17.9. The Morgan fingerprint density at radius 1 is 1.53 bits per heavy atom. The van der Waals surface area contributed by atoms with Crippen LogP contribution in [0.1, 0.15) is 16.8 Å². The lowest BCUT2D eigenvalue weighted by atomic mass is 10.1. The van der Waals surface area contributed by atoms with Crippen LogP contribution in [0.25, 0.3) is 0 Å². The first-order chi connectivity index (χ1) is 7.10. The van der Waals surface area contributed by atoms with Crippen molar-refractivity contribution in [3.05, 3.63) is 22.9 Å². The van der Waals surface area contributed by atoms with Gasteiger partial charge in [0.05, 0.1) is 12.2 Å². The molecular formula is C11H15N3O. The largest absolute Gasteiger partial charge is 0.395 e. The van der Waals surface area contributed by atoms with E-state index in [-0.39, 0.29) is 6.61 Å². The van der Waals surface area contributed by atoms with Crippen LogP contribution in [0, 0.1) is 25.2 Å². The van der Waals surface area contributed by atoms with E-state index in [4.69, 9.17) is 10.4 Å². The highest BCUT2D eigenvalue weighted by Gasteiger charge is 2.11. The molecule has 0 aliphatic rings. The van der Waals surface area contributed by atoms with Crippen molar-refractivity contribution in [3.8, 4) is 6.07 Å². The maximum Gasteiger partial charge on any atom is 0.146 e. The predicted molar refractivity (Wildman–Crippen MR) is 58.8 cm³/mol. The number of rotatable bonds is 3. The van der Waals surface area contributed by atoms with E-state index in [2.05, 4.69) is 11.1 Å². The summed E-state index contributed by atoms with van der Waals surface area (Å²) >= 11 is 0. The predicted octanol–water partition coefficient (Wildman–Crippen LogP) is 0.999. The SMILES string of the molecule is Cc1cc(C)c(C#N)c(N(C)CCO)n1. The summed E-state index contributed by atoms with van der Waals surface area (Å²) in [6.45, 7) is 4.31. The first kappa shape index (κ1) is 11.5. The van der Waals surface area contributed by atoms with Crippen molar-refractivity contribution in [3.63, 3.8) is 0 Å². The van der Waals surface area contributed by atoms with Crippen LogP contribution in [-0.4, -0.2) is 30.3 Å². The van der Waals surface area contributed by atoms with E-state index in [9.17, 15) is 0 Å². The van der Waals surface area contributed by atoms with E-state index in [0.29, 0.717) is 17.9 Å². The van der Waals surface area contributed by atoms with Crippen LogP contribution in [0.15, 0.2) is 6.07 Å². The van der Waals surface area contributed by atoms with Crippen LogP contribution in [-0.2, 0) is 0 Å². The molecule has 0 fully saturated rings. The van der Waals surface area contributed by atoms with Gasteiger partial charge in [-0.2, -0.15) is 5.26 Å². The summed E-state index contributed by atoms with van der Waals surface area (Å²) in [6, 6.07) is 4.03. The van der Waals surface area contributed by atoms with Gasteiger partial charge in [0.15, 0.2) is 0 Å². The summed E-state index contributed by atoms with van der Waals surface area (Å²) in [4.78, 5) is 6.11. The van der Waals surface area contributed by atoms with E-state index in [0.717, 1.165) is 11.3 Å². The number of aryl methyl sites for hydroxylation is 2. The molecule has 1 heterocycles. The van der Waals surface area contributed by atoms with Gasteiger partial charge in [-0.3, -0.25) is 0 Å². The van der Waals surface area contributed by atoms with Gasteiger partial charge in [-0.15, -0.1) is 0 Å². The molecule has 0 saturated heterocycles. The second-order valence-corrected chi connectivity index (χ2v) is 3.54. The summed E-state index contributed by atoms with van der Waals surface area (Å²) in [7, 11) is 1.82. The Morgan fingerprint density at radius 3 is 2.73 bits per heavy atom. The Bertz CT molecular complexity index is 396. The Balaban J connectivity index is 3.21. The molecular weight excluding hydrogens is 190 g/mol. The number of aromatic nitrogens is 1. The normalized spacial score (nSPS) is 9.80. The second-order valence-electron chi connectivity index (χ2n) is 3.54. The zero-order valence-electron chi connectivity index (χ0n) is 9.28. The molecule has 0 bridgehead atoms. The highest BCUT2D eigenvalue weighted by atomic mass is 16.3. The topological polar surface area (TPSA) is 60.2 Å². The van der Waals surface area contributed by atoms with Crippen LogP contribution >= 0.6 is 0 Å². The van der Waals surface area contributed by atoms with E-state index in [1.807, 2.05) is 27.0 Å². The van der Waals surface area contributed by atoms with Gasteiger partial charge in [-0.25, -0.2) is 4.98 Å². The van der Waals surface area contributed by atoms with E-state index in [1.165, 1.54) is 0 Å². The van der Waals surface area contributed by atoms with Crippen molar-refractivity contribution < 1.29 is 5.11 Å². The van der Waals surface area contributed by atoms with Gasteiger partial charge in [0.1, 0.15) is 11.9 Å². The molecule has 1 N–H and O–H groups in total. The average molecular weight is 205 g/mol. The van der Waals surface area contributed by atoms with Crippen LogP contribution in [0.5, 0.6) is 0 Å². The lowest BCUT2D eigenvalue weighted by Gasteiger charge is -2.19.